The van der Waals surface area contributed by atoms with Gasteiger partial charge in [0, 0.05) is 63.5 Å². The van der Waals surface area contributed by atoms with Crippen LogP contribution in [0, 0.1) is 40.9 Å². The third-order valence-electron chi connectivity index (χ3n) is 18.9. The van der Waals surface area contributed by atoms with Crippen molar-refractivity contribution in [3.05, 3.63) is 173 Å². The van der Waals surface area contributed by atoms with E-state index in [1.165, 1.54) is 56.1 Å². The molecular formula is C62H63N4O2Si+. The Morgan fingerprint density at radius 1 is 0.841 bits per heavy atom. The molecule has 0 N–H and O–H groups in total. The minimum atomic E-state index is -1.79. The van der Waals surface area contributed by atoms with Crippen LogP contribution in [-0.2, 0) is 15.7 Å². The van der Waals surface area contributed by atoms with Gasteiger partial charge in [0.15, 0.2) is 11.8 Å². The van der Waals surface area contributed by atoms with E-state index in [9.17, 15) is 5.26 Å². The lowest BCUT2D eigenvalue weighted by Gasteiger charge is -2.45. The number of furan rings is 1. The van der Waals surface area contributed by atoms with Crippen molar-refractivity contribution in [3.8, 4) is 17.3 Å². The van der Waals surface area contributed by atoms with Crippen LogP contribution >= 0.6 is 0 Å². The van der Waals surface area contributed by atoms with Gasteiger partial charge in [0.25, 0.3) is 0 Å². The SMILES string of the molecule is CC(C)c1cc2[n+](cc1[Si](C)(C)C)C1(C)/C(=C3/C4C=C(C5C=CC(C#N)CC5)C5=C(OC6C=CC=CC56)C4C4(C)N3C3C=CCCC3N4c3cccc4c3oc3ccccc34)C1(C)c1ccccc1-2. The summed E-state index contributed by atoms with van der Waals surface area (Å²) in [6.45, 7) is 20.1. The van der Waals surface area contributed by atoms with Crippen LogP contribution < -0.4 is 14.7 Å². The second-order valence-corrected chi connectivity index (χ2v) is 28.6. The van der Waals surface area contributed by atoms with Crippen LogP contribution in [0.3, 0.4) is 0 Å². The minimum absolute atomic E-state index is 0.0142. The maximum Gasteiger partial charge on any atom is 0.213 e. The summed E-state index contributed by atoms with van der Waals surface area (Å²) in [6.07, 6.45) is 27.9. The van der Waals surface area contributed by atoms with E-state index in [4.69, 9.17) is 9.15 Å². The maximum absolute atomic E-state index is 10.1. The molecule has 14 rings (SSSR count). The second-order valence-electron chi connectivity index (χ2n) is 23.5. The molecule has 0 amide bonds. The standard InChI is InChI=1S/C62H63N4O2Si/c1-36(2)43-33-50-41-19-9-12-22-46(41)60(3)59(61(60,4)64(50)35-53(43)69(6,7)8)56-45-32-44(38-30-28-37(34-63)29-31-38)54-42-20-11-16-27-52(42)68-58(54)55(45)62(5)65(47-23-13-14-24-48(47)66(56)62)49-25-17-21-40-39-18-10-15-26-51(39)67-57(40)49/h9-12,14-22,24-28,30,32-33,35-38,42,45,47-48,52,55H,13,23,29,31H2,1-8H3/q+1/b59-56-. The van der Waals surface area contributed by atoms with E-state index < -0.39 is 13.7 Å². The average Bonchev–Trinajstić information content (AvgIpc) is 3.82. The molecule has 3 fully saturated rings. The van der Waals surface area contributed by atoms with E-state index in [0.717, 1.165) is 42.2 Å². The Bertz CT molecular complexity index is 3380. The molecule has 2 saturated heterocycles. The summed E-state index contributed by atoms with van der Waals surface area (Å²) < 4.78 is 17.4. The van der Waals surface area contributed by atoms with Crippen molar-refractivity contribution < 1.29 is 13.7 Å². The smallest absolute Gasteiger partial charge is 0.213 e. The predicted octanol–water partition coefficient (Wildman–Crippen LogP) is 12.8. The van der Waals surface area contributed by atoms with Crippen molar-refractivity contribution in [3.63, 3.8) is 0 Å². The van der Waals surface area contributed by atoms with Gasteiger partial charge in [-0.1, -0.05) is 131 Å². The largest absolute Gasteiger partial charge is 0.489 e. The highest BCUT2D eigenvalue weighted by Crippen LogP contribution is 2.74. The molecule has 0 radical (unpaired) electrons. The van der Waals surface area contributed by atoms with E-state index >= 15 is 0 Å². The highest BCUT2D eigenvalue weighted by atomic mass is 28.3. The molecule has 5 aromatic rings. The van der Waals surface area contributed by atoms with Gasteiger partial charge in [-0.15, -0.1) is 0 Å². The van der Waals surface area contributed by atoms with Crippen LogP contribution in [0.2, 0.25) is 19.6 Å². The molecule has 7 heteroatoms. The first-order valence-electron chi connectivity index (χ1n) is 26.0. The van der Waals surface area contributed by atoms with Crippen LogP contribution in [0.1, 0.15) is 77.3 Å². The fourth-order valence-corrected chi connectivity index (χ4v) is 17.4. The Labute approximate surface area is 408 Å². The van der Waals surface area contributed by atoms with Crippen molar-refractivity contribution in [1.82, 2.24) is 4.90 Å². The van der Waals surface area contributed by atoms with E-state index in [2.05, 4.69) is 208 Å². The molecule has 6 nitrogen and oxygen atoms in total. The number of rotatable bonds is 4. The number of aromatic nitrogens is 1. The first kappa shape index (κ1) is 41.8. The lowest BCUT2D eigenvalue weighted by molar-refractivity contribution is -0.726. The van der Waals surface area contributed by atoms with Gasteiger partial charge in [-0.2, -0.15) is 9.83 Å². The third kappa shape index (κ3) is 5.19. The normalized spacial score (nSPS) is 35.3. The van der Waals surface area contributed by atoms with Gasteiger partial charge in [0.05, 0.1) is 54.7 Å². The number of nitriles is 1. The summed E-state index contributed by atoms with van der Waals surface area (Å²) in [6, 6.07) is 30.3. The van der Waals surface area contributed by atoms with Crippen LogP contribution in [0.25, 0.3) is 33.2 Å². The Morgan fingerprint density at radius 2 is 1.64 bits per heavy atom. The van der Waals surface area contributed by atoms with E-state index in [1.54, 1.807) is 10.8 Å². The Hall–Kier alpha value is -6.10. The number of allylic oxidation sites excluding steroid dienone is 8. The number of benzene rings is 3. The Balaban J connectivity index is 1.09. The van der Waals surface area contributed by atoms with E-state index in [1.807, 2.05) is 0 Å². The van der Waals surface area contributed by atoms with Crippen LogP contribution in [0.4, 0.5) is 5.69 Å². The van der Waals surface area contributed by atoms with Crippen molar-refractivity contribution >= 4 is 40.9 Å². The first-order valence-corrected chi connectivity index (χ1v) is 29.5. The number of para-hydroxylation sites is 2. The predicted molar refractivity (Wildman–Crippen MR) is 279 cm³/mol. The average molecular weight is 924 g/mol. The number of pyridine rings is 1. The van der Waals surface area contributed by atoms with Gasteiger partial charge < -0.3 is 19.0 Å². The number of fused-ring (bicyclic) bond motifs is 17. The Kier molecular flexibility index (Phi) is 8.51. The lowest BCUT2D eigenvalue weighted by Crippen LogP contribution is -2.57. The molecule has 11 unspecified atom stereocenters. The molecule has 9 aliphatic rings. The minimum Gasteiger partial charge on any atom is -0.489 e. The molecule has 2 aromatic heterocycles. The fraction of sp³-hybridized carbons (Fsp3) is 0.387. The van der Waals surface area contributed by atoms with Crippen molar-refractivity contribution in [1.29, 1.82) is 5.26 Å². The summed E-state index contributed by atoms with van der Waals surface area (Å²) in [7, 11) is -1.79. The van der Waals surface area contributed by atoms with Gasteiger partial charge in [0.1, 0.15) is 23.1 Å². The zero-order valence-electron chi connectivity index (χ0n) is 41.3. The van der Waals surface area contributed by atoms with E-state index in [-0.39, 0.29) is 58.7 Å². The number of hydrogen-bond donors (Lipinski definition) is 0. The zero-order chi connectivity index (χ0) is 47.1. The number of ether oxygens (including phenoxy) is 1. The maximum atomic E-state index is 10.1. The molecule has 6 heterocycles. The van der Waals surface area contributed by atoms with Gasteiger partial charge in [-0.05, 0) is 86.4 Å². The molecule has 5 aliphatic carbocycles. The molecule has 4 aliphatic heterocycles. The quantitative estimate of drug-likeness (QED) is 0.102. The zero-order valence-corrected chi connectivity index (χ0v) is 42.3. The van der Waals surface area contributed by atoms with Gasteiger partial charge in [-0.25, -0.2) is 0 Å². The van der Waals surface area contributed by atoms with Gasteiger partial charge in [0.2, 0.25) is 11.2 Å². The summed E-state index contributed by atoms with van der Waals surface area (Å²) in [4.78, 5) is 5.81. The van der Waals surface area contributed by atoms with Gasteiger partial charge >= 0.3 is 0 Å². The third-order valence-corrected chi connectivity index (χ3v) is 20.9. The van der Waals surface area contributed by atoms with Crippen molar-refractivity contribution in [2.75, 3.05) is 4.90 Å². The summed E-state index contributed by atoms with van der Waals surface area (Å²) in [5.74, 6) is 1.90. The highest BCUT2D eigenvalue weighted by Gasteiger charge is 2.82. The summed E-state index contributed by atoms with van der Waals surface area (Å²) in [5.41, 5.74) is 13.4. The Morgan fingerprint density at radius 3 is 2.43 bits per heavy atom. The summed E-state index contributed by atoms with van der Waals surface area (Å²) >= 11 is 0. The molecule has 0 spiro atoms. The fourth-order valence-electron chi connectivity index (χ4n) is 15.7. The van der Waals surface area contributed by atoms with Crippen molar-refractivity contribution in [2.45, 2.75) is 121 Å². The number of hydrogen-bond acceptors (Lipinski definition) is 5. The van der Waals surface area contributed by atoms with E-state index in [0.29, 0.717) is 5.92 Å². The number of anilines is 1. The number of nitrogens with zero attached hydrogens (tertiary/aromatic N) is 4. The molecular weight excluding hydrogens is 861 g/mol. The molecule has 0 bridgehead atoms. The summed E-state index contributed by atoms with van der Waals surface area (Å²) in [5, 5.41) is 14.0. The lowest BCUT2D eigenvalue weighted by atomic mass is 9.68. The van der Waals surface area contributed by atoms with Crippen molar-refractivity contribution in [2.24, 2.45) is 29.6 Å². The van der Waals surface area contributed by atoms with Gasteiger partial charge in [-0.3, -0.25) is 0 Å². The molecule has 11 atom stereocenters. The molecule has 346 valence electrons. The van der Waals surface area contributed by atoms with Crippen LogP contribution in [0.5, 0.6) is 0 Å². The highest BCUT2D eigenvalue weighted by molar-refractivity contribution is 6.89. The monoisotopic (exact) mass is 923 g/mol. The molecule has 69 heavy (non-hydrogen) atoms. The molecule has 3 aromatic carbocycles. The van der Waals surface area contributed by atoms with Crippen LogP contribution in [-0.4, -0.2) is 36.8 Å². The second kappa shape index (κ2) is 14.0. The topological polar surface area (TPSA) is 56.5 Å². The molecule has 1 saturated carbocycles. The van der Waals surface area contributed by atoms with Crippen LogP contribution in [0.15, 0.2) is 166 Å². The first-order chi connectivity index (χ1) is 33.3.